The Labute approximate surface area is 167 Å². The Kier molecular flexibility index (Phi) is 7.98. The lowest BCUT2D eigenvalue weighted by Crippen LogP contribution is -2.30. The first-order valence-electron chi connectivity index (χ1n) is 7.72. The molecule has 0 fully saturated rings. The summed E-state index contributed by atoms with van der Waals surface area (Å²) in [7, 11) is -11.6. The number of aryl methyl sites for hydroxylation is 1. The number of halogens is 6. The van der Waals surface area contributed by atoms with Gasteiger partial charge in [-0.25, -0.2) is 0 Å². The summed E-state index contributed by atoms with van der Waals surface area (Å²) in [6.07, 6.45) is -0.244. The van der Waals surface area contributed by atoms with Crippen LogP contribution in [-0.4, -0.2) is 40.9 Å². The van der Waals surface area contributed by atoms with Crippen molar-refractivity contribution in [1.29, 1.82) is 0 Å². The first kappa shape index (κ1) is 25.8. The summed E-state index contributed by atoms with van der Waals surface area (Å²) in [4.78, 5) is 11.0. The van der Waals surface area contributed by atoms with Crippen LogP contribution in [0.1, 0.15) is 24.8 Å². The lowest BCUT2D eigenvalue weighted by atomic mass is 10.1. The van der Waals surface area contributed by atoms with E-state index in [1.54, 1.807) is 0 Å². The minimum atomic E-state index is -6.37. The smallest absolute Gasteiger partial charge is 0.469 e. The second-order valence-electron chi connectivity index (χ2n) is 5.49. The van der Waals surface area contributed by atoms with Gasteiger partial charge in [-0.2, -0.15) is 43.2 Å². The lowest BCUT2D eigenvalue weighted by Gasteiger charge is -2.17. The fourth-order valence-corrected chi connectivity index (χ4v) is 2.89. The molecule has 1 aromatic carbocycles. The molecule has 1 aromatic rings. The quantitative estimate of drug-likeness (QED) is 0.171. The predicted octanol–water partition coefficient (Wildman–Crippen LogP) is 3.03. The standard InChI is InChI=1S/C14H14F6O8S2/c1-26-11(21)8-3-2-5-9-6-4-7-10(27-29(22,23)13(15,16)17)12(9)28-30(24,25)14(18,19)20/h4,6-7H,2-3,5,8H2,1H3. The third kappa shape index (κ3) is 6.65. The Morgan fingerprint density at radius 3 is 1.93 bits per heavy atom. The van der Waals surface area contributed by atoms with Crippen LogP contribution in [0.5, 0.6) is 11.5 Å². The van der Waals surface area contributed by atoms with Crippen LogP contribution in [0.4, 0.5) is 26.3 Å². The molecule has 0 N–H and O–H groups in total. The van der Waals surface area contributed by atoms with E-state index in [-0.39, 0.29) is 25.7 Å². The van der Waals surface area contributed by atoms with Crippen LogP contribution in [0.2, 0.25) is 0 Å². The number of hydrogen-bond acceptors (Lipinski definition) is 8. The Morgan fingerprint density at radius 2 is 1.43 bits per heavy atom. The fourth-order valence-electron chi connectivity index (χ4n) is 1.93. The maximum absolute atomic E-state index is 12.6. The van der Waals surface area contributed by atoms with Gasteiger partial charge < -0.3 is 13.1 Å². The highest BCUT2D eigenvalue weighted by atomic mass is 32.2. The van der Waals surface area contributed by atoms with Gasteiger partial charge in [-0.15, -0.1) is 0 Å². The van der Waals surface area contributed by atoms with Crippen LogP contribution in [0, 0.1) is 0 Å². The zero-order valence-corrected chi connectivity index (χ0v) is 16.5. The van der Waals surface area contributed by atoms with Crippen molar-refractivity contribution in [3.05, 3.63) is 23.8 Å². The Bertz CT molecular complexity index is 967. The topological polar surface area (TPSA) is 113 Å². The number of hydrogen-bond donors (Lipinski definition) is 0. The molecule has 0 unspecified atom stereocenters. The average molecular weight is 488 g/mol. The third-order valence-electron chi connectivity index (χ3n) is 3.32. The van der Waals surface area contributed by atoms with E-state index in [2.05, 4.69) is 13.1 Å². The summed E-state index contributed by atoms with van der Waals surface area (Å²) < 4.78 is 133. The van der Waals surface area contributed by atoms with Gasteiger partial charge in [0.25, 0.3) is 0 Å². The molecule has 0 spiro atoms. The van der Waals surface area contributed by atoms with Gasteiger partial charge in [0.15, 0.2) is 11.5 Å². The molecule has 8 nitrogen and oxygen atoms in total. The van der Waals surface area contributed by atoms with Crippen molar-refractivity contribution in [2.75, 3.05) is 7.11 Å². The largest absolute Gasteiger partial charge is 0.534 e. The molecule has 0 radical (unpaired) electrons. The van der Waals surface area contributed by atoms with Crippen molar-refractivity contribution in [3.8, 4) is 11.5 Å². The van der Waals surface area contributed by atoms with Gasteiger partial charge in [0.1, 0.15) is 0 Å². The zero-order valence-electron chi connectivity index (χ0n) is 14.9. The SMILES string of the molecule is COC(=O)CCCCc1cccc(OS(=O)(=O)C(F)(F)F)c1OS(=O)(=O)C(F)(F)F. The number of para-hydroxylation sites is 1. The molecule has 0 aliphatic carbocycles. The molecule has 0 aliphatic heterocycles. The Hall–Kier alpha value is -2.23. The number of carbonyl (C=O) groups excluding carboxylic acids is 1. The summed E-state index contributed by atoms with van der Waals surface area (Å²) >= 11 is 0. The first-order chi connectivity index (χ1) is 13.5. The molecule has 1 rings (SSSR count). The predicted molar refractivity (Wildman–Crippen MR) is 87.2 cm³/mol. The molecule has 0 saturated carbocycles. The van der Waals surface area contributed by atoms with E-state index in [1.165, 1.54) is 0 Å². The Balaban J connectivity index is 3.33. The van der Waals surface area contributed by atoms with Crippen LogP contribution >= 0.6 is 0 Å². The van der Waals surface area contributed by atoms with Gasteiger partial charge in [0.2, 0.25) is 0 Å². The molecule has 0 aromatic heterocycles. The molecule has 172 valence electrons. The number of alkyl halides is 6. The van der Waals surface area contributed by atoms with Crippen LogP contribution in [0.15, 0.2) is 18.2 Å². The molecule has 0 atom stereocenters. The fraction of sp³-hybridized carbons (Fsp3) is 0.500. The number of methoxy groups -OCH3 is 1. The monoisotopic (exact) mass is 488 g/mol. The molecular weight excluding hydrogens is 474 g/mol. The van der Waals surface area contributed by atoms with E-state index in [0.717, 1.165) is 19.2 Å². The van der Waals surface area contributed by atoms with Crippen LogP contribution in [-0.2, 0) is 36.2 Å². The summed E-state index contributed by atoms with van der Waals surface area (Å²) in [6.45, 7) is 0. The maximum atomic E-state index is 12.6. The normalized spacial score (nSPS) is 13.0. The first-order valence-corrected chi connectivity index (χ1v) is 10.5. The molecule has 0 aliphatic rings. The van der Waals surface area contributed by atoms with Crippen molar-refractivity contribution in [1.82, 2.24) is 0 Å². The van der Waals surface area contributed by atoms with Crippen molar-refractivity contribution in [2.24, 2.45) is 0 Å². The van der Waals surface area contributed by atoms with Gasteiger partial charge in [-0.3, -0.25) is 4.79 Å². The van der Waals surface area contributed by atoms with E-state index in [1.807, 2.05) is 0 Å². The highest BCUT2D eigenvalue weighted by Gasteiger charge is 2.51. The number of rotatable bonds is 9. The minimum Gasteiger partial charge on any atom is -0.469 e. The number of benzene rings is 1. The van der Waals surface area contributed by atoms with Gasteiger partial charge in [0, 0.05) is 6.42 Å². The van der Waals surface area contributed by atoms with E-state index in [0.29, 0.717) is 6.07 Å². The summed E-state index contributed by atoms with van der Waals surface area (Å²) in [5, 5.41) is 0. The molecular formula is C14H14F6O8S2. The number of esters is 1. The Morgan fingerprint density at radius 1 is 0.900 bits per heavy atom. The molecule has 16 heteroatoms. The van der Waals surface area contributed by atoms with E-state index >= 15 is 0 Å². The van der Waals surface area contributed by atoms with Crippen molar-refractivity contribution in [3.63, 3.8) is 0 Å². The molecule has 0 amide bonds. The van der Waals surface area contributed by atoms with Gasteiger partial charge >= 0.3 is 37.2 Å². The highest BCUT2D eigenvalue weighted by Crippen LogP contribution is 2.39. The number of carbonyl (C=O) groups is 1. The maximum Gasteiger partial charge on any atom is 0.534 e. The van der Waals surface area contributed by atoms with Gasteiger partial charge in [-0.1, -0.05) is 12.1 Å². The van der Waals surface area contributed by atoms with Crippen molar-refractivity contribution >= 4 is 26.2 Å². The van der Waals surface area contributed by atoms with Crippen molar-refractivity contribution < 1.29 is 61.1 Å². The molecule has 0 saturated heterocycles. The van der Waals surface area contributed by atoms with E-state index in [9.17, 15) is 48.0 Å². The van der Waals surface area contributed by atoms with E-state index < -0.39 is 54.3 Å². The number of ether oxygens (including phenoxy) is 1. The summed E-state index contributed by atoms with van der Waals surface area (Å²) in [6, 6.07) is 2.40. The average Bonchev–Trinajstić information content (AvgIpc) is 2.58. The molecule has 30 heavy (non-hydrogen) atoms. The molecule has 0 heterocycles. The number of unbranched alkanes of at least 4 members (excludes halogenated alkanes) is 1. The lowest BCUT2D eigenvalue weighted by molar-refractivity contribution is -0.140. The third-order valence-corrected chi connectivity index (χ3v) is 5.24. The molecule has 0 bridgehead atoms. The second-order valence-corrected chi connectivity index (χ2v) is 8.57. The van der Waals surface area contributed by atoms with E-state index in [4.69, 9.17) is 0 Å². The van der Waals surface area contributed by atoms with Crippen LogP contribution in [0.3, 0.4) is 0 Å². The summed E-state index contributed by atoms with van der Waals surface area (Å²) in [5.74, 6) is -3.40. The zero-order chi connectivity index (χ0) is 23.4. The summed E-state index contributed by atoms with van der Waals surface area (Å²) in [5.41, 5.74) is -12.3. The van der Waals surface area contributed by atoms with Crippen LogP contribution in [0.25, 0.3) is 0 Å². The highest BCUT2D eigenvalue weighted by molar-refractivity contribution is 7.88. The van der Waals surface area contributed by atoms with Gasteiger partial charge in [0.05, 0.1) is 7.11 Å². The van der Waals surface area contributed by atoms with Gasteiger partial charge in [-0.05, 0) is 30.9 Å². The van der Waals surface area contributed by atoms with Crippen LogP contribution < -0.4 is 8.37 Å². The second kappa shape index (κ2) is 9.28. The van der Waals surface area contributed by atoms with Crippen molar-refractivity contribution in [2.45, 2.75) is 36.7 Å². The minimum absolute atomic E-state index is 0.0347.